The van der Waals surface area contributed by atoms with Crippen molar-refractivity contribution in [1.82, 2.24) is 9.97 Å². The summed E-state index contributed by atoms with van der Waals surface area (Å²) in [4.78, 5) is 17.1. The third-order valence-electron chi connectivity index (χ3n) is 5.51. The fourth-order valence-electron chi connectivity index (χ4n) is 3.79. The minimum atomic E-state index is -0.350. The Morgan fingerprint density at radius 1 is 0.933 bits per heavy atom. The molecule has 162 valence electrons. The lowest BCUT2D eigenvalue weighted by molar-refractivity contribution is 0.122. The van der Waals surface area contributed by atoms with E-state index in [-0.39, 0.29) is 5.82 Å². The maximum Gasteiger partial charge on any atom is 0.228 e. The van der Waals surface area contributed by atoms with E-state index in [1.54, 1.807) is 7.11 Å². The Morgan fingerprint density at radius 2 is 1.53 bits per heavy atom. The van der Waals surface area contributed by atoms with Crippen LogP contribution in [0.2, 0.25) is 0 Å². The standard InChI is InChI=1S/C21H29FN6O2/c1-25(2)21-23-19(18(22)20(24-21)28-11-13-30-14-12-28)27-9-7-26(8-10-27)16-5-4-6-17(15-16)29-3/h4-6,15H,7-14H2,1-3H3. The fraction of sp³-hybridized carbons (Fsp3) is 0.524. The highest BCUT2D eigenvalue weighted by Gasteiger charge is 2.27. The van der Waals surface area contributed by atoms with Gasteiger partial charge in [0.2, 0.25) is 11.8 Å². The van der Waals surface area contributed by atoms with E-state index in [0.717, 1.165) is 24.5 Å². The van der Waals surface area contributed by atoms with Gasteiger partial charge in [0.25, 0.3) is 0 Å². The summed E-state index contributed by atoms with van der Waals surface area (Å²) in [5.74, 6) is 1.74. The molecule has 3 heterocycles. The summed E-state index contributed by atoms with van der Waals surface area (Å²) in [6.45, 7) is 5.33. The Balaban J connectivity index is 1.55. The third-order valence-corrected chi connectivity index (χ3v) is 5.51. The molecule has 30 heavy (non-hydrogen) atoms. The molecular weight excluding hydrogens is 387 g/mol. The van der Waals surface area contributed by atoms with Crippen LogP contribution in [-0.4, -0.2) is 83.7 Å². The van der Waals surface area contributed by atoms with Crippen LogP contribution in [0.1, 0.15) is 0 Å². The number of morpholine rings is 1. The van der Waals surface area contributed by atoms with Gasteiger partial charge in [0, 0.05) is 65.1 Å². The molecule has 0 spiro atoms. The van der Waals surface area contributed by atoms with E-state index in [1.165, 1.54) is 0 Å². The van der Waals surface area contributed by atoms with Crippen LogP contribution in [0.3, 0.4) is 0 Å². The van der Waals surface area contributed by atoms with Crippen molar-refractivity contribution in [1.29, 1.82) is 0 Å². The smallest absolute Gasteiger partial charge is 0.228 e. The zero-order valence-corrected chi connectivity index (χ0v) is 17.8. The maximum atomic E-state index is 15.5. The zero-order chi connectivity index (χ0) is 21.1. The molecular formula is C21H29FN6O2. The summed E-state index contributed by atoms with van der Waals surface area (Å²) >= 11 is 0. The van der Waals surface area contributed by atoms with Gasteiger partial charge in [-0.3, -0.25) is 0 Å². The van der Waals surface area contributed by atoms with E-state index in [4.69, 9.17) is 9.47 Å². The number of rotatable bonds is 5. The van der Waals surface area contributed by atoms with Crippen LogP contribution in [0.4, 0.5) is 27.7 Å². The number of hydrogen-bond donors (Lipinski definition) is 0. The van der Waals surface area contributed by atoms with E-state index in [9.17, 15) is 0 Å². The van der Waals surface area contributed by atoms with Gasteiger partial charge in [0.1, 0.15) is 5.75 Å². The lowest BCUT2D eigenvalue weighted by Crippen LogP contribution is -2.47. The molecule has 0 saturated carbocycles. The van der Waals surface area contributed by atoms with Gasteiger partial charge >= 0.3 is 0 Å². The second-order valence-corrected chi connectivity index (χ2v) is 7.65. The van der Waals surface area contributed by atoms with Crippen LogP contribution in [0, 0.1) is 5.82 Å². The fourth-order valence-corrected chi connectivity index (χ4v) is 3.79. The SMILES string of the molecule is COc1cccc(N2CCN(c3nc(N(C)C)nc(N4CCOCC4)c3F)CC2)c1. The molecule has 0 atom stereocenters. The molecule has 2 aliphatic rings. The Hall–Kier alpha value is -2.81. The summed E-state index contributed by atoms with van der Waals surface area (Å²) in [6.07, 6.45) is 0. The first-order valence-electron chi connectivity index (χ1n) is 10.3. The number of piperazine rings is 1. The molecule has 8 nitrogen and oxygen atoms in total. The van der Waals surface area contributed by atoms with Gasteiger partial charge in [0.05, 0.1) is 20.3 Å². The lowest BCUT2D eigenvalue weighted by Gasteiger charge is -2.37. The topological polar surface area (TPSA) is 57.2 Å². The number of halogens is 1. The monoisotopic (exact) mass is 416 g/mol. The van der Waals surface area contributed by atoms with Gasteiger partial charge in [-0.1, -0.05) is 6.07 Å². The molecule has 0 amide bonds. The van der Waals surface area contributed by atoms with E-state index < -0.39 is 0 Å². The number of ether oxygens (including phenoxy) is 2. The second kappa shape index (κ2) is 8.91. The van der Waals surface area contributed by atoms with Crippen molar-refractivity contribution in [3.63, 3.8) is 0 Å². The van der Waals surface area contributed by atoms with Gasteiger partial charge in [-0.15, -0.1) is 0 Å². The van der Waals surface area contributed by atoms with Gasteiger partial charge in [-0.05, 0) is 12.1 Å². The van der Waals surface area contributed by atoms with E-state index in [1.807, 2.05) is 47.0 Å². The van der Waals surface area contributed by atoms with Crippen molar-refractivity contribution in [3.8, 4) is 5.75 Å². The largest absolute Gasteiger partial charge is 0.497 e. The highest BCUT2D eigenvalue weighted by molar-refractivity contribution is 5.59. The molecule has 2 aromatic rings. The van der Waals surface area contributed by atoms with Gasteiger partial charge in [-0.2, -0.15) is 14.4 Å². The van der Waals surface area contributed by atoms with Crippen LogP contribution in [-0.2, 0) is 4.74 Å². The highest BCUT2D eigenvalue weighted by atomic mass is 19.1. The Kier molecular flexibility index (Phi) is 6.08. The molecule has 1 aromatic heterocycles. The number of aromatic nitrogens is 2. The molecule has 4 rings (SSSR count). The van der Waals surface area contributed by atoms with Crippen molar-refractivity contribution in [2.24, 2.45) is 0 Å². The average molecular weight is 417 g/mol. The number of benzene rings is 1. The van der Waals surface area contributed by atoms with Crippen molar-refractivity contribution < 1.29 is 13.9 Å². The molecule has 2 aliphatic heterocycles. The van der Waals surface area contributed by atoms with Crippen LogP contribution >= 0.6 is 0 Å². The number of anilines is 4. The minimum Gasteiger partial charge on any atom is -0.497 e. The summed E-state index contributed by atoms with van der Waals surface area (Å²) in [7, 11) is 5.42. The van der Waals surface area contributed by atoms with Crippen LogP contribution in [0.25, 0.3) is 0 Å². The Bertz CT molecular complexity index is 867. The normalized spacial score (nSPS) is 17.3. The third kappa shape index (κ3) is 4.21. The molecule has 0 unspecified atom stereocenters. The predicted octanol–water partition coefficient (Wildman–Crippen LogP) is 1.85. The van der Waals surface area contributed by atoms with Crippen molar-refractivity contribution in [2.45, 2.75) is 0 Å². The molecule has 2 saturated heterocycles. The van der Waals surface area contributed by atoms with Crippen molar-refractivity contribution >= 4 is 23.3 Å². The zero-order valence-electron chi connectivity index (χ0n) is 17.8. The summed E-state index contributed by atoms with van der Waals surface area (Å²) in [5, 5.41) is 0. The first-order valence-corrected chi connectivity index (χ1v) is 10.3. The average Bonchev–Trinajstić information content (AvgIpc) is 2.80. The van der Waals surface area contributed by atoms with Crippen LogP contribution in [0.5, 0.6) is 5.75 Å². The van der Waals surface area contributed by atoms with Crippen LogP contribution in [0.15, 0.2) is 24.3 Å². The summed E-state index contributed by atoms with van der Waals surface area (Å²) in [6, 6.07) is 8.03. The van der Waals surface area contributed by atoms with Gasteiger partial charge in [0.15, 0.2) is 11.6 Å². The first kappa shape index (κ1) is 20.5. The molecule has 2 fully saturated rings. The Labute approximate surface area is 176 Å². The number of hydrogen-bond acceptors (Lipinski definition) is 8. The molecule has 0 bridgehead atoms. The second-order valence-electron chi connectivity index (χ2n) is 7.65. The first-order chi connectivity index (χ1) is 14.6. The summed E-state index contributed by atoms with van der Waals surface area (Å²) in [5.41, 5.74) is 1.11. The van der Waals surface area contributed by atoms with E-state index in [2.05, 4.69) is 20.9 Å². The molecule has 1 aromatic carbocycles. The predicted molar refractivity (Wildman–Crippen MR) is 117 cm³/mol. The van der Waals surface area contributed by atoms with Gasteiger partial charge in [-0.25, -0.2) is 0 Å². The number of methoxy groups -OCH3 is 1. The molecule has 0 aliphatic carbocycles. The lowest BCUT2D eigenvalue weighted by atomic mass is 10.2. The van der Waals surface area contributed by atoms with Crippen LogP contribution < -0.4 is 24.3 Å². The van der Waals surface area contributed by atoms with E-state index >= 15 is 4.39 Å². The minimum absolute atomic E-state index is 0.350. The van der Waals surface area contributed by atoms with E-state index in [0.29, 0.717) is 57.0 Å². The summed E-state index contributed by atoms with van der Waals surface area (Å²) < 4.78 is 26.3. The highest BCUT2D eigenvalue weighted by Crippen LogP contribution is 2.30. The Morgan fingerprint density at radius 3 is 2.13 bits per heavy atom. The molecule has 0 radical (unpaired) electrons. The molecule has 0 N–H and O–H groups in total. The van der Waals surface area contributed by atoms with Crippen molar-refractivity contribution in [3.05, 3.63) is 30.1 Å². The number of nitrogens with zero attached hydrogens (tertiary/aromatic N) is 6. The maximum absolute atomic E-state index is 15.5. The van der Waals surface area contributed by atoms with Gasteiger partial charge < -0.3 is 29.1 Å². The van der Waals surface area contributed by atoms with Crippen molar-refractivity contribution in [2.75, 3.05) is 93.3 Å². The quantitative estimate of drug-likeness (QED) is 0.732. The molecule has 9 heteroatoms.